The van der Waals surface area contributed by atoms with E-state index < -0.39 is 11.7 Å². The summed E-state index contributed by atoms with van der Waals surface area (Å²) in [6.45, 7) is 3.71. The van der Waals surface area contributed by atoms with Crippen LogP contribution in [-0.2, 0) is 12.6 Å². The molecule has 2 aromatic heterocycles. The molecule has 0 aliphatic rings. The summed E-state index contributed by atoms with van der Waals surface area (Å²) in [7, 11) is 0. The van der Waals surface area contributed by atoms with Crippen molar-refractivity contribution in [3.63, 3.8) is 0 Å². The normalized spacial score (nSPS) is 12.0. The summed E-state index contributed by atoms with van der Waals surface area (Å²) in [5.41, 5.74) is 0.0332. The molecule has 0 amide bonds. The Morgan fingerprint density at radius 3 is 2.71 bits per heavy atom. The number of guanidine groups is 1. The topological polar surface area (TPSA) is 71.4 Å². The fourth-order valence-electron chi connectivity index (χ4n) is 2.17. The summed E-state index contributed by atoms with van der Waals surface area (Å²) in [6.07, 6.45) is -1.36. The maximum absolute atomic E-state index is 12.6. The number of pyridine rings is 2. The molecule has 10 heteroatoms. The Kier molecular flexibility index (Phi) is 8.31. The summed E-state index contributed by atoms with van der Waals surface area (Å²) in [5.74, 6) is 0.557. The second kappa shape index (κ2) is 10.7. The molecule has 0 fully saturated rings. The van der Waals surface area contributed by atoms with Crippen LogP contribution in [0.3, 0.4) is 0 Å². The van der Waals surface area contributed by atoms with Crippen molar-refractivity contribution in [3.8, 4) is 5.88 Å². The Balaban J connectivity index is 1.80. The number of aromatic nitrogens is 2. The van der Waals surface area contributed by atoms with Crippen LogP contribution in [0.5, 0.6) is 5.88 Å². The van der Waals surface area contributed by atoms with Crippen LogP contribution in [0.2, 0.25) is 5.02 Å². The van der Waals surface area contributed by atoms with E-state index >= 15 is 0 Å². The fourth-order valence-corrected chi connectivity index (χ4v) is 2.39. The van der Waals surface area contributed by atoms with Crippen molar-refractivity contribution in [1.82, 2.24) is 20.6 Å². The highest BCUT2D eigenvalue weighted by Gasteiger charge is 2.31. The predicted molar refractivity (Wildman–Crippen MR) is 102 cm³/mol. The number of nitrogens with zero attached hydrogens (tertiary/aromatic N) is 3. The molecule has 0 radical (unpaired) electrons. The second-order valence-corrected chi connectivity index (χ2v) is 6.02. The van der Waals surface area contributed by atoms with Crippen LogP contribution >= 0.6 is 11.6 Å². The Morgan fingerprint density at radius 2 is 2.07 bits per heavy atom. The van der Waals surface area contributed by atoms with E-state index in [0.29, 0.717) is 38.2 Å². The lowest BCUT2D eigenvalue weighted by Crippen LogP contribution is -2.39. The third-order valence-electron chi connectivity index (χ3n) is 3.48. The zero-order valence-electron chi connectivity index (χ0n) is 15.3. The van der Waals surface area contributed by atoms with Gasteiger partial charge in [-0.1, -0.05) is 17.7 Å². The molecular weight excluding hydrogens is 395 g/mol. The van der Waals surface area contributed by atoms with Gasteiger partial charge in [-0.25, -0.2) is 4.98 Å². The molecule has 2 heterocycles. The van der Waals surface area contributed by atoms with E-state index in [9.17, 15) is 13.2 Å². The minimum Gasteiger partial charge on any atom is -0.475 e. The largest absolute Gasteiger partial charge is 0.475 e. The first-order chi connectivity index (χ1) is 13.4. The highest BCUT2D eigenvalue weighted by molar-refractivity contribution is 6.31. The van der Waals surface area contributed by atoms with Gasteiger partial charge in [0.2, 0.25) is 5.88 Å². The monoisotopic (exact) mass is 415 g/mol. The van der Waals surface area contributed by atoms with E-state index in [4.69, 9.17) is 16.3 Å². The molecule has 28 heavy (non-hydrogen) atoms. The lowest BCUT2D eigenvalue weighted by molar-refractivity contribution is -0.137. The lowest BCUT2D eigenvalue weighted by atomic mass is 10.3. The number of rotatable bonds is 8. The molecule has 2 aromatic rings. The molecule has 0 saturated carbocycles. The molecule has 0 saturated heterocycles. The third kappa shape index (κ3) is 7.22. The first-order valence-electron chi connectivity index (χ1n) is 8.67. The zero-order chi connectivity index (χ0) is 20.4. The molecule has 0 spiro atoms. The molecule has 0 bridgehead atoms. The molecule has 0 aliphatic carbocycles. The van der Waals surface area contributed by atoms with Crippen molar-refractivity contribution in [2.45, 2.75) is 19.5 Å². The number of hydrogen-bond acceptors (Lipinski definition) is 4. The molecule has 0 aromatic carbocycles. The highest BCUT2D eigenvalue weighted by atomic mass is 35.5. The van der Waals surface area contributed by atoms with Crippen LogP contribution in [0.25, 0.3) is 0 Å². The Morgan fingerprint density at radius 1 is 1.25 bits per heavy atom. The summed E-state index contributed by atoms with van der Waals surface area (Å²) in [4.78, 5) is 12.3. The average Bonchev–Trinajstić information content (AvgIpc) is 2.66. The van der Waals surface area contributed by atoms with Crippen molar-refractivity contribution in [2.75, 3.05) is 26.2 Å². The van der Waals surface area contributed by atoms with E-state index in [1.165, 1.54) is 0 Å². The van der Waals surface area contributed by atoms with Crippen molar-refractivity contribution in [1.29, 1.82) is 0 Å². The standard InChI is InChI=1S/C18H21ClF3N5O/c1-2-23-17(25-8-6-14-5-3-4-7-24-14)26-9-10-28-16-15(19)11-13(12-27-16)18(20,21)22/h3-5,7,11-12H,2,6,8-10H2,1H3,(H2,23,25,26). The fraction of sp³-hybridized carbons (Fsp3) is 0.389. The molecule has 0 aliphatic heterocycles. The molecule has 2 rings (SSSR count). The predicted octanol–water partition coefficient (Wildman–Crippen LogP) is 3.33. The van der Waals surface area contributed by atoms with Crippen LogP contribution in [0, 0.1) is 0 Å². The smallest absolute Gasteiger partial charge is 0.417 e. The van der Waals surface area contributed by atoms with Gasteiger partial charge in [0, 0.05) is 37.6 Å². The lowest BCUT2D eigenvalue weighted by Gasteiger charge is -2.13. The number of halogens is 4. The van der Waals surface area contributed by atoms with Gasteiger partial charge in [-0.05, 0) is 25.1 Å². The number of hydrogen-bond donors (Lipinski definition) is 2. The van der Waals surface area contributed by atoms with Crippen molar-refractivity contribution in [3.05, 3.63) is 52.9 Å². The molecule has 6 nitrogen and oxygen atoms in total. The first kappa shape index (κ1) is 21.7. The Labute approximate surface area is 166 Å². The Hall–Kier alpha value is -2.55. The summed E-state index contributed by atoms with van der Waals surface area (Å²) in [6, 6.07) is 6.51. The van der Waals surface area contributed by atoms with Gasteiger partial charge in [-0.2, -0.15) is 13.2 Å². The minimum absolute atomic E-state index is 0.0476. The van der Waals surface area contributed by atoms with Gasteiger partial charge in [-0.3, -0.25) is 9.98 Å². The highest BCUT2D eigenvalue weighted by Crippen LogP contribution is 2.32. The number of alkyl halides is 3. The zero-order valence-corrected chi connectivity index (χ0v) is 16.0. The van der Waals surface area contributed by atoms with E-state index in [1.807, 2.05) is 25.1 Å². The van der Waals surface area contributed by atoms with Crippen molar-refractivity contribution >= 4 is 17.6 Å². The van der Waals surface area contributed by atoms with Crippen molar-refractivity contribution < 1.29 is 17.9 Å². The summed E-state index contributed by atoms with van der Waals surface area (Å²) < 4.78 is 43.2. The van der Waals surface area contributed by atoms with Crippen molar-refractivity contribution in [2.24, 2.45) is 4.99 Å². The van der Waals surface area contributed by atoms with Gasteiger partial charge in [0.1, 0.15) is 11.6 Å². The Bertz CT molecular complexity index is 772. The molecule has 0 unspecified atom stereocenters. The first-order valence-corrected chi connectivity index (χ1v) is 9.05. The molecular formula is C18H21ClF3N5O. The van der Waals surface area contributed by atoms with Gasteiger partial charge in [0.05, 0.1) is 12.1 Å². The molecule has 2 N–H and O–H groups in total. The van der Waals surface area contributed by atoms with Crippen LogP contribution in [0.4, 0.5) is 13.2 Å². The van der Waals surface area contributed by atoms with E-state index in [0.717, 1.165) is 11.8 Å². The van der Waals surface area contributed by atoms with Crippen LogP contribution in [-0.4, -0.2) is 42.2 Å². The minimum atomic E-state index is -4.50. The number of nitrogens with one attached hydrogen (secondary N) is 2. The van der Waals surface area contributed by atoms with Gasteiger partial charge in [-0.15, -0.1) is 0 Å². The maximum atomic E-state index is 12.6. The van der Waals surface area contributed by atoms with Crippen LogP contribution in [0.1, 0.15) is 18.2 Å². The summed E-state index contributed by atoms with van der Waals surface area (Å²) in [5, 5.41) is 5.99. The van der Waals surface area contributed by atoms with Crippen LogP contribution in [0.15, 0.2) is 41.7 Å². The average molecular weight is 416 g/mol. The van der Waals surface area contributed by atoms with Gasteiger partial charge >= 0.3 is 6.18 Å². The quantitative estimate of drug-likeness (QED) is 0.393. The maximum Gasteiger partial charge on any atom is 0.417 e. The molecule has 152 valence electrons. The summed E-state index contributed by atoms with van der Waals surface area (Å²) >= 11 is 5.80. The van der Waals surface area contributed by atoms with Crippen LogP contribution < -0.4 is 15.4 Å². The van der Waals surface area contributed by atoms with E-state index in [2.05, 4.69) is 25.6 Å². The van der Waals surface area contributed by atoms with Gasteiger partial charge in [0.25, 0.3) is 0 Å². The number of ether oxygens (including phenoxy) is 1. The SMILES string of the molecule is CCNC(=NCCc1ccccn1)NCCOc1ncc(C(F)(F)F)cc1Cl. The third-order valence-corrected chi connectivity index (χ3v) is 3.75. The van der Waals surface area contributed by atoms with E-state index in [1.54, 1.807) is 6.20 Å². The van der Waals surface area contributed by atoms with Gasteiger partial charge < -0.3 is 15.4 Å². The second-order valence-electron chi connectivity index (χ2n) is 5.62. The van der Waals surface area contributed by atoms with E-state index in [-0.39, 0.29) is 17.5 Å². The molecule has 0 atom stereocenters. The van der Waals surface area contributed by atoms with Gasteiger partial charge in [0.15, 0.2) is 5.96 Å². The number of aliphatic imine (C=N–C) groups is 1.